The van der Waals surface area contributed by atoms with E-state index in [1.165, 1.54) is 5.56 Å². The van der Waals surface area contributed by atoms with Crippen molar-refractivity contribution in [3.63, 3.8) is 0 Å². The zero-order valence-electron chi connectivity index (χ0n) is 9.09. The number of benzene rings is 1. The van der Waals surface area contributed by atoms with E-state index in [2.05, 4.69) is 0 Å². The van der Waals surface area contributed by atoms with E-state index in [0.717, 1.165) is 5.02 Å². The quantitative estimate of drug-likeness (QED) is 0.839. The molecule has 2 rings (SSSR count). The maximum Gasteiger partial charge on any atom is 0.0603 e. The fourth-order valence-corrected chi connectivity index (χ4v) is 2.11. The first-order valence-electron chi connectivity index (χ1n) is 5.08. The zero-order chi connectivity index (χ0) is 11.1. The Morgan fingerprint density at radius 3 is 2.13 bits per heavy atom. The van der Waals surface area contributed by atoms with Crippen LogP contribution in [0.4, 0.5) is 0 Å². The van der Waals surface area contributed by atoms with Crippen LogP contribution in [-0.4, -0.2) is 18.8 Å². The molecule has 2 N–H and O–H groups in total. The highest BCUT2D eigenvalue weighted by atomic mass is 35.5. The van der Waals surface area contributed by atoms with Gasteiger partial charge in [0.2, 0.25) is 0 Å². The maximum atomic E-state index is 6.23. The van der Waals surface area contributed by atoms with E-state index in [1.54, 1.807) is 0 Å². The van der Waals surface area contributed by atoms with E-state index in [-0.39, 0.29) is 11.0 Å². The monoisotopic (exact) mass is 225 g/mol. The molecule has 1 aromatic rings. The fourth-order valence-electron chi connectivity index (χ4n) is 1.99. The van der Waals surface area contributed by atoms with Gasteiger partial charge in [-0.05, 0) is 31.5 Å². The second-order valence-electron chi connectivity index (χ2n) is 4.80. The molecule has 0 amide bonds. The number of ether oxygens (including phenoxy) is 1. The highest BCUT2D eigenvalue weighted by Crippen LogP contribution is 2.40. The molecule has 0 spiro atoms. The highest BCUT2D eigenvalue weighted by Gasteiger charge is 2.50. The van der Waals surface area contributed by atoms with E-state index < -0.39 is 0 Å². The van der Waals surface area contributed by atoms with Crippen LogP contribution in [0.25, 0.3) is 0 Å². The van der Waals surface area contributed by atoms with Crippen LogP contribution in [0.2, 0.25) is 5.02 Å². The standard InChI is InChI=1S/C12H16ClNO/c1-11(2,14)12(7-15-8-12)9-3-5-10(13)6-4-9/h3-6H,7-8,14H2,1-2H3. The molecule has 0 aromatic heterocycles. The predicted molar refractivity (Wildman–Crippen MR) is 62.2 cm³/mol. The Morgan fingerprint density at radius 2 is 1.80 bits per heavy atom. The third-order valence-corrected chi connectivity index (χ3v) is 3.58. The van der Waals surface area contributed by atoms with Crippen molar-refractivity contribution >= 4 is 11.6 Å². The lowest BCUT2D eigenvalue weighted by Crippen LogP contribution is -2.64. The summed E-state index contributed by atoms with van der Waals surface area (Å²) < 4.78 is 5.34. The predicted octanol–water partition coefficient (Wildman–Crippen LogP) is 2.35. The van der Waals surface area contributed by atoms with Gasteiger partial charge in [0.15, 0.2) is 0 Å². The van der Waals surface area contributed by atoms with Crippen molar-refractivity contribution in [2.45, 2.75) is 24.8 Å². The van der Waals surface area contributed by atoms with Crippen molar-refractivity contribution in [1.29, 1.82) is 0 Å². The van der Waals surface area contributed by atoms with Gasteiger partial charge >= 0.3 is 0 Å². The minimum Gasteiger partial charge on any atom is -0.379 e. The van der Waals surface area contributed by atoms with Crippen molar-refractivity contribution in [3.8, 4) is 0 Å². The lowest BCUT2D eigenvalue weighted by molar-refractivity contribution is -0.0918. The molecule has 0 aliphatic carbocycles. The van der Waals surface area contributed by atoms with Crippen LogP contribution in [0.15, 0.2) is 24.3 Å². The largest absolute Gasteiger partial charge is 0.379 e. The first-order chi connectivity index (χ1) is 6.96. The molecule has 0 unspecified atom stereocenters. The Hall–Kier alpha value is -0.570. The van der Waals surface area contributed by atoms with Crippen molar-refractivity contribution in [2.24, 2.45) is 5.73 Å². The molecule has 1 aliphatic rings. The normalized spacial score (nSPS) is 19.7. The van der Waals surface area contributed by atoms with Gasteiger partial charge in [-0.3, -0.25) is 0 Å². The summed E-state index contributed by atoms with van der Waals surface area (Å²) in [7, 11) is 0. The summed E-state index contributed by atoms with van der Waals surface area (Å²) in [5.74, 6) is 0. The molecule has 2 nitrogen and oxygen atoms in total. The van der Waals surface area contributed by atoms with Crippen molar-refractivity contribution < 1.29 is 4.74 Å². The number of hydrogen-bond donors (Lipinski definition) is 1. The van der Waals surface area contributed by atoms with Crippen molar-refractivity contribution in [1.82, 2.24) is 0 Å². The minimum atomic E-state index is -0.279. The van der Waals surface area contributed by atoms with Gasteiger partial charge in [-0.1, -0.05) is 23.7 Å². The number of nitrogens with two attached hydrogens (primary N) is 1. The average molecular weight is 226 g/mol. The van der Waals surface area contributed by atoms with Gasteiger partial charge in [-0.15, -0.1) is 0 Å². The van der Waals surface area contributed by atoms with Crippen LogP contribution in [0.5, 0.6) is 0 Å². The van der Waals surface area contributed by atoms with Gasteiger partial charge in [0, 0.05) is 10.6 Å². The van der Waals surface area contributed by atoms with E-state index >= 15 is 0 Å². The summed E-state index contributed by atoms with van der Waals surface area (Å²) in [4.78, 5) is 0. The van der Waals surface area contributed by atoms with Gasteiger partial charge in [-0.25, -0.2) is 0 Å². The van der Waals surface area contributed by atoms with E-state index in [9.17, 15) is 0 Å². The first kappa shape index (κ1) is 10.9. The Balaban J connectivity index is 2.39. The molecule has 15 heavy (non-hydrogen) atoms. The summed E-state index contributed by atoms with van der Waals surface area (Å²) in [5.41, 5.74) is 7.11. The molecular weight excluding hydrogens is 210 g/mol. The third kappa shape index (κ3) is 1.67. The number of halogens is 1. The van der Waals surface area contributed by atoms with Gasteiger partial charge in [-0.2, -0.15) is 0 Å². The van der Waals surface area contributed by atoms with E-state index in [1.807, 2.05) is 38.1 Å². The first-order valence-corrected chi connectivity index (χ1v) is 5.46. The SMILES string of the molecule is CC(C)(N)C1(c2ccc(Cl)cc2)COC1. The summed E-state index contributed by atoms with van der Waals surface area (Å²) in [6.07, 6.45) is 0. The van der Waals surface area contributed by atoms with Gasteiger partial charge in [0.25, 0.3) is 0 Å². The van der Waals surface area contributed by atoms with Crippen LogP contribution in [0.1, 0.15) is 19.4 Å². The second-order valence-corrected chi connectivity index (χ2v) is 5.24. The van der Waals surface area contributed by atoms with Crippen molar-refractivity contribution in [2.75, 3.05) is 13.2 Å². The van der Waals surface area contributed by atoms with Crippen LogP contribution in [0, 0.1) is 0 Å². The lowest BCUT2D eigenvalue weighted by atomic mass is 9.66. The summed E-state index contributed by atoms with van der Waals surface area (Å²) in [6.45, 7) is 5.48. The molecule has 1 fully saturated rings. The van der Waals surface area contributed by atoms with Gasteiger partial charge in [0.05, 0.1) is 18.6 Å². The molecule has 1 aromatic carbocycles. The average Bonchev–Trinajstić information content (AvgIpc) is 2.03. The molecule has 1 heterocycles. The summed E-state index contributed by atoms with van der Waals surface area (Å²) in [6, 6.07) is 7.89. The second kappa shape index (κ2) is 3.48. The Bertz CT molecular complexity index is 349. The molecule has 82 valence electrons. The van der Waals surface area contributed by atoms with Crippen LogP contribution in [-0.2, 0) is 10.2 Å². The minimum absolute atomic E-state index is 0.0579. The van der Waals surface area contributed by atoms with E-state index in [0.29, 0.717) is 13.2 Å². The molecule has 1 aliphatic heterocycles. The zero-order valence-corrected chi connectivity index (χ0v) is 9.84. The number of rotatable bonds is 2. The Labute approximate surface area is 95.4 Å². The third-order valence-electron chi connectivity index (χ3n) is 3.33. The molecule has 3 heteroatoms. The lowest BCUT2D eigenvalue weighted by Gasteiger charge is -2.51. The van der Waals surface area contributed by atoms with Gasteiger partial charge < -0.3 is 10.5 Å². The van der Waals surface area contributed by atoms with Gasteiger partial charge in [0.1, 0.15) is 0 Å². The summed E-state index contributed by atoms with van der Waals surface area (Å²) in [5, 5.41) is 0.754. The fraction of sp³-hybridized carbons (Fsp3) is 0.500. The topological polar surface area (TPSA) is 35.2 Å². The Morgan fingerprint density at radius 1 is 1.27 bits per heavy atom. The molecular formula is C12H16ClNO. The van der Waals surface area contributed by atoms with Crippen LogP contribution in [0.3, 0.4) is 0 Å². The number of hydrogen-bond acceptors (Lipinski definition) is 2. The molecule has 0 radical (unpaired) electrons. The van der Waals surface area contributed by atoms with Crippen LogP contribution < -0.4 is 5.73 Å². The molecule has 0 atom stereocenters. The molecule has 0 bridgehead atoms. The van der Waals surface area contributed by atoms with E-state index in [4.69, 9.17) is 22.1 Å². The summed E-state index contributed by atoms with van der Waals surface area (Å²) >= 11 is 5.87. The van der Waals surface area contributed by atoms with Crippen molar-refractivity contribution in [3.05, 3.63) is 34.9 Å². The van der Waals surface area contributed by atoms with Crippen LogP contribution >= 0.6 is 11.6 Å². The maximum absolute atomic E-state index is 6.23. The molecule has 0 saturated carbocycles. The molecule has 1 saturated heterocycles. The highest BCUT2D eigenvalue weighted by molar-refractivity contribution is 6.30. The smallest absolute Gasteiger partial charge is 0.0603 e. The Kier molecular flexibility index (Phi) is 2.53.